The van der Waals surface area contributed by atoms with Crippen LogP contribution in [-0.2, 0) is 6.18 Å². The number of hydrogen-bond donors (Lipinski definition) is 2. The summed E-state index contributed by atoms with van der Waals surface area (Å²) >= 11 is 0. The number of alkyl halides is 3. The van der Waals surface area contributed by atoms with Crippen LogP contribution in [0, 0.1) is 0 Å². The fourth-order valence-corrected chi connectivity index (χ4v) is 3.77. The van der Waals surface area contributed by atoms with Crippen LogP contribution in [0.25, 0.3) is 11.0 Å². The van der Waals surface area contributed by atoms with E-state index < -0.39 is 17.9 Å². The standard InChI is InChI=1S/C22H20F3N5O/c1-27-18(13-6-3-2-4-7-13)14-10-11-30(12-16(14)26)20(31)15-8-5-9-17-19(15)29-21(28-17)22(23,24)25/h2-9H,10-12,26H2,1H3,(H,28,29). The monoisotopic (exact) mass is 427 g/mol. The van der Waals surface area contributed by atoms with E-state index in [1.807, 2.05) is 30.3 Å². The molecule has 1 aliphatic heterocycles. The Kier molecular flexibility index (Phi) is 5.26. The molecule has 2 heterocycles. The zero-order valence-electron chi connectivity index (χ0n) is 16.7. The van der Waals surface area contributed by atoms with Crippen LogP contribution in [0.4, 0.5) is 13.2 Å². The van der Waals surface area contributed by atoms with Crippen molar-refractivity contribution in [3.8, 4) is 0 Å². The molecule has 9 heteroatoms. The fraction of sp³-hybridized carbons (Fsp3) is 0.227. The lowest BCUT2D eigenvalue weighted by Crippen LogP contribution is -2.40. The van der Waals surface area contributed by atoms with E-state index in [4.69, 9.17) is 5.73 Å². The average molecular weight is 427 g/mol. The normalized spacial score (nSPS) is 15.6. The fourth-order valence-electron chi connectivity index (χ4n) is 3.77. The molecule has 31 heavy (non-hydrogen) atoms. The molecule has 1 aromatic heterocycles. The zero-order valence-corrected chi connectivity index (χ0v) is 16.7. The van der Waals surface area contributed by atoms with Gasteiger partial charge in [-0.3, -0.25) is 9.79 Å². The van der Waals surface area contributed by atoms with Crippen molar-refractivity contribution in [2.24, 2.45) is 10.7 Å². The van der Waals surface area contributed by atoms with E-state index in [-0.39, 0.29) is 23.1 Å². The molecule has 0 saturated carbocycles. The number of halogens is 3. The van der Waals surface area contributed by atoms with Crippen molar-refractivity contribution in [3.63, 3.8) is 0 Å². The van der Waals surface area contributed by atoms with Crippen molar-refractivity contribution in [2.45, 2.75) is 12.6 Å². The van der Waals surface area contributed by atoms with Crippen LogP contribution < -0.4 is 5.73 Å². The van der Waals surface area contributed by atoms with Crippen LogP contribution in [0.15, 0.2) is 64.8 Å². The third-order valence-corrected chi connectivity index (χ3v) is 5.24. The minimum absolute atomic E-state index is 0.00623. The first-order valence-electron chi connectivity index (χ1n) is 9.65. The summed E-state index contributed by atoms with van der Waals surface area (Å²) in [5.74, 6) is -1.54. The van der Waals surface area contributed by atoms with E-state index >= 15 is 0 Å². The molecule has 2 aromatic carbocycles. The highest BCUT2D eigenvalue weighted by molar-refractivity contribution is 6.13. The summed E-state index contributed by atoms with van der Waals surface area (Å²) in [6.45, 7) is 0.528. The second-order valence-corrected chi connectivity index (χ2v) is 7.20. The molecule has 0 unspecified atom stereocenters. The van der Waals surface area contributed by atoms with Crippen LogP contribution in [0.3, 0.4) is 0 Å². The predicted octanol–water partition coefficient (Wildman–Crippen LogP) is 3.76. The van der Waals surface area contributed by atoms with Crippen LogP contribution in [0.2, 0.25) is 0 Å². The molecule has 4 rings (SSSR count). The number of nitrogens with zero attached hydrogens (tertiary/aromatic N) is 3. The first-order chi connectivity index (χ1) is 14.8. The smallest absolute Gasteiger partial charge is 0.400 e. The Morgan fingerprint density at radius 1 is 1.16 bits per heavy atom. The van der Waals surface area contributed by atoms with Gasteiger partial charge >= 0.3 is 6.18 Å². The van der Waals surface area contributed by atoms with Gasteiger partial charge in [0.15, 0.2) is 0 Å². The van der Waals surface area contributed by atoms with Gasteiger partial charge in [0.25, 0.3) is 5.91 Å². The average Bonchev–Trinajstić information content (AvgIpc) is 3.21. The van der Waals surface area contributed by atoms with Gasteiger partial charge in [0.1, 0.15) is 5.52 Å². The van der Waals surface area contributed by atoms with Crippen LogP contribution >= 0.6 is 0 Å². The number of rotatable bonds is 3. The van der Waals surface area contributed by atoms with Crippen LogP contribution in [-0.4, -0.2) is 46.6 Å². The lowest BCUT2D eigenvalue weighted by atomic mass is 9.94. The Balaban J connectivity index is 1.63. The molecule has 0 fully saturated rings. The van der Waals surface area contributed by atoms with Crippen LogP contribution in [0.5, 0.6) is 0 Å². The molecule has 0 aliphatic carbocycles. The van der Waals surface area contributed by atoms with E-state index in [1.54, 1.807) is 7.05 Å². The van der Waals surface area contributed by atoms with E-state index in [0.717, 1.165) is 16.8 Å². The Bertz CT molecular complexity index is 1190. The maximum absolute atomic E-state index is 13.1. The molecular weight excluding hydrogens is 407 g/mol. The number of nitrogens with two attached hydrogens (primary N) is 1. The predicted molar refractivity (Wildman–Crippen MR) is 112 cm³/mol. The quantitative estimate of drug-likeness (QED) is 0.624. The van der Waals surface area contributed by atoms with Crippen molar-refractivity contribution in [2.75, 3.05) is 20.1 Å². The molecular formula is C22H20F3N5O. The summed E-state index contributed by atoms with van der Waals surface area (Å²) in [6.07, 6.45) is -4.14. The number of aromatic nitrogens is 2. The van der Waals surface area contributed by atoms with Crippen molar-refractivity contribution >= 4 is 22.7 Å². The van der Waals surface area contributed by atoms with Gasteiger partial charge in [-0.2, -0.15) is 13.2 Å². The molecule has 1 amide bonds. The van der Waals surface area contributed by atoms with Gasteiger partial charge in [0.05, 0.1) is 23.3 Å². The van der Waals surface area contributed by atoms with Gasteiger partial charge < -0.3 is 15.6 Å². The Hall–Kier alpha value is -3.62. The zero-order chi connectivity index (χ0) is 22.2. The molecule has 0 atom stereocenters. The highest BCUT2D eigenvalue weighted by atomic mass is 19.4. The number of imidazole rings is 1. The van der Waals surface area contributed by atoms with Crippen molar-refractivity contribution < 1.29 is 18.0 Å². The number of para-hydroxylation sites is 1. The van der Waals surface area contributed by atoms with E-state index in [9.17, 15) is 18.0 Å². The third kappa shape index (κ3) is 3.90. The van der Waals surface area contributed by atoms with Gasteiger partial charge in [-0.05, 0) is 24.1 Å². The summed E-state index contributed by atoms with van der Waals surface area (Å²) in [5, 5.41) is 0. The highest BCUT2D eigenvalue weighted by Gasteiger charge is 2.35. The molecule has 160 valence electrons. The third-order valence-electron chi connectivity index (χ3n) is 5.24. The summed E-state index contributed by atoms with van der Waals surface area (Å²) in [7, 11) is 1.69. The molecule has 0 saturated heterocycles. The topological polar surface area (TPSA) is 87.4 Å². The van der Waals surface area contributed by atoms with Crippen molar-refractivity contribution in [3.05, 3.63) is 76.8 Å². The number of aromatic amines is 1. The maximum Gasteiger partial charge on any atom is 0.449 e. The first-order valence-corrected chi connectivity index (χ1v) is 9.65. The number of aliphatic imine (C=N–C) groups is 1. The second kappa shape index (κ2) is 7.90. The number of amides is 1. The SMILES string of the molecule is CN=C(C1=C(N)CN(C(=O)c2cccc3[nH]c(C(F)(F)F)nc23)CC1)c1ccccc1. The number of nitrogens with one attached hydrogen (secondary N) is 1. The number of H-pyrrole nitrogens is 1. The van der Waals surface area contributed by atoms with Gasteiger partial charge in [0.2, 0.25) is 5.82 Å². The number of carbonyl (C=O) groups excluding carboxylic acids is 1. The van der Waals surface area contributed by atoms with Gasteiger partial charge in [0, 0.05) is 24.9 Å². The molecule has 1 aliphatic rings. The number of hydrogen-bond acceptors (Lipinski definition) is 4. The van der Waals surface area contributed by atoms with Crippen molar-refractivity contribution in [1.29, 1.82) is 0 Å². The van der Waals surface area contributed by atoms with Gasteiger partial charge in [-0.25, -0.2) is 4.98 Å². The Morgan fingerprint density at radius 3 is 2.55 bits per heavy atom. The van der Waals surface area contributed by atoms with E-state index in [0.29, 0.717) is 18.7 Å². The minimum atomic E-state index is -4.63. The molecule has 0 spiro atoms. The molecule has 6 nitrogen and oxygen atoms in total. The van der Waals surface area contributed by atoms with E-state index in [1.165, 1.54) is 23.1 Å². The second-order valence-electron chi connectivity index (χ2n) is 7.20. The maximum atomic E-state index is 13.1. The van der Waals surface area contributed by atoms with Crippen LogP contribution in [0.1, 0.15) is 28.2 Å². The molecule has 0 radical (unpaired) electrons. The Labute approximate surface area is 176 Å². The lowest BCUT2D eigenvalue weighted by molar-refractivity contribution is -0.144. The Morgan fingerprint density at radius 2 is 1.90 bits per heavy atom. The van der Waals surface area contributed by atoms with Gasteiger partial charge in [-0.1, -0.05) is 36.4 Å². The molecule has 3 N–H and O–H groups in total. The highest BCUT2D eigenvalue weighted by Crippen LogP contribution is 2.30. The summed E-state index contributed by atoms with van der Waals surface area (Å²) in [6, 6.07) is 14.1. The largest absolute Gasteiger partial charge is 0.449 e. The van der Waals surface area contributed by atoms with Gasteiger partial charge in [-0.15, -0.1) is 0 Å². The van der Waals surface area contributed by atoms with Crippen molar-refractivity contribution in [1.82, 2.24) is 14.9 Å². The summed E-state index contributed by atoms with van der Waals surface area (Å²) in [4.78, 5) is 24.9. The number of fused-ring (bicyclic) bond motifs is 1. The molecule has 3 aromatic rings. The first kappa shape index (κ1) is 20.6. The lowest BCUT2D eigenvalue weighted by Gasteiger charge is -2.30. The summed E-state index contributed by atoms with van der Waals surface area (Å²) in [5.41, 5.74) is 9.65. The number of benzene rings is 2. The summed E-state index contributed by atoms with van der Waals surface area (Å²) < 4.78 is 39.1. The molecule has 0 bridgehead atoms. The minimum Gasteiger partial charge on any atom is -0.400 e. The van der Waals surface area contributed by atoms with E-state index in [2.05, 4.69) is 15.0 Å². The number of carbonyl (C=O) groups is 1.